The highest BCUT2D eigenvalue weighted by atomic mass is 19.1. The lowest BCUT2D eigenvalue weighted by molar-refractivity contribution is -0.137. The average molecular weight is 174 g/mol. The fourth-order valence-electron chi connectivity index (χ4n) is 0.782. The monoisotopic (exact) mass is 174 g/mol. The Labute approximate surface area is 72.4 Å². The van der Waals surface area contributed by atoms with Gasteiger partial charge >= 0.3 is 5.97 Å². The zero-order valence-electron chi connectivity index (χ0n) is 7.22. The van der Waals surface area contributed by atoms with Crippen LogP contribution in [0.15, 0.2) is 12.7 Å². The quantitative estimate of drug-likeness (QED) is 0.336. The number of carbonyl (C=O) groups is 1. The van der Waals surface area contributed by atoms with Crippen LogP contribution in [0.25, 0.3) is 0 Å². The minimum absolute atomic E-state index is 0.257. The first-order chi connectivity index (χ1) is 5.81. The molecule has 0 N–H and O–H groups in total. The molecule has 0 fully saturated rings. The molecular weight excluding hydrogens is 159 g/mol. The Bertz CT molecular complexity index is 134. The lowest BCUT2D eigenvalue weighted by atomic mass is 10.2. The first-order valence-corrected chi connectivity index (χ1v) is 4.16. The van der Waals surface area contributed by atoms with Crippen molar-refractivity contribution in [2.24, 2.45) is 0 Å². The standard InChI is InChI=1S/C9H15FO2/c1-2-9(11)12-8-6-4-3-5-7-10/h2H,1,3-8H2. The van der Waals surface area contributed by atoms with E-state index in [0.717, 1.165) is 25.3 Å². The fourth-order valence-corrected chi connectivity index (χ4v) is 0.782. The molecule has 0 aliphatic rings. The van der Waals surface area contributed by atoms with Gasteiger partial charge < -0.3 is 4.74 Å². The van der Waals surface area contributed by atoms with E-state index in [1.54, 1.807) is 0 Å². The van der Waals surface area contributed by atoms with Gasteiger partial charge in [0.25, 0.3) is 0 Å². The van der Waals surface area contributed by atoms with Crippen LogP contribution < -0.4 is 0 Å². The van der Waals surface area contributed by atoms with Crippen molar-refractivity contribution in [1.82, 2.24) is 0 Å². The SMILES string of the molecule is C=CC(=O)OCCCCCCF. The summed E-state index contributed by atoms with van der Waals surface area (Å²) < 4.78 is 16.3. The van der Waals surface area contributed by atoms with Crippen molar-refractivity contribution in [2.75, 3.05) is 13.3 Å². The number of ether oxygens (including phenoxy) is 1. The van der Waals surface area contributed by atoms with E-state index in [2.05, 4.69) is 6.58 Å². The first-order valence-electron chi connectivity index (χ1n) is 4.16. The molecule has 12 heavy (non-hydrogen) atoms. The van der Waals surface area contributed by atoms with Crippen LogP contribution in [0.5, 0.6) is 0 Å². The average Bonchev–Trinajstić information content (AvgIpc) is 2.10. The van der Waals surface area contributed by atoms with Crippen molar-refractivity contribution >= 4 is 5.97 Å². The molecule has 0 aromatic heterocycles. The second-order valence-corrected chi connectivity index (χ2v) is 2.47. The fraction of sp³-hybridized carbons (Fsp3) is 0.667. The topological polar surface area (TPSA) is 26.3 Å². The predicted molar refractivity (Wildman–Crippen MR) is 45.6 cm³/mol. The number of carbonyl (C=O) groups excluding carboxylic acids is 1. The van der Waals surface area contributed by atoms with Gasteiger partial charge in [0.05, 0.1) is 13.3 Å². The van der Waals surface area contributed by atoms with Crippen molar-refractivity contribution < 1.29 is 13.9 Å². The van der Waals surface area contributed by atoms with Crippen molar-refractivity contribution in [3.63, 3.8) is 0 Å². The lowest BCUT2D eigenvalue weighted by Gasteiger charge is -2.00. The molecule has 0 saturated carbocycles. The molecule has 2 nitrogen and oxygen atoms in total. The van der Waals surface area contributed by atoms with E-state index >= 15 is 0 Å². The van der Waals surface area contributed by atoms with Crippen LogP contribution >= 0.6 is 0 Å². The molecule has 0 unspecified atom stereocenters. The maximum atomic E-state index is 11.6. The number of esters is 1. The summed E-state index contributed by atoms with van der Waals surface area (Å²) in [4.78, 5) is 10.5. The molecule has 0 saturated heterocycles. The summed E-state index contributed by atoms with van der Waals surface area (Å²) in [7, 11) is 0. The number of rotatable bonds is 7. The Morgan fingerprint density at radius 1 is 1.33 bits per heavy atom. The molecule has 0 spiro atoms. The zero-order chi connectivity index (χ0) is 9.23. The highest BCUT2D eigenvalue weighted by Crippen LogP contribution is 2.00. The van der Waals surface area contributed by atoms with E-state index in [1.807, 2.05) is 0 Å². The summed E-state index contributed by atoms with van der Waals surface area (Å²) in [5.41, 5.74) is 0. The smallest absolute Gasteiger partial charge is 0.330 e. The predicted octanol–water partition coefficient (Wildman–Crippen LogP) is 2.25. The van der Waals surface area contributed by atoms with Gasteiger partial charge in [0.1, 0.15) is 0 Å². The number of unbranched alkanes of at least 4 members (excludes halogenated alkanes) is 3. The minimum Gasteiger partial charge on any atom is -0.463 e. The first kappa shape index (κ1) is 11.1. The number of alkyl halides is 1. The third-order valence-electron chi connectivity index (χ3n) is 1.44. The van der Waals surface area contributed by atoms with Gasteiger partial charge in [-0.05, 0) is 19.3 Å². The van der Waals surface area contributed by atoms with Crippen LogP contribution in [0.2, 0.25) is 0 Å². The van der Waals surface area contributed by atoms with Gasteiger partial charge in [0, 0.05) is 6.08 Å². The Hall–Kier alpha value is -0.860. The molecule has 3 heteroatoms. The van der Waals surface area contributed by atoms with E-state index in [-0.39, 0.29) is 12.6 Å². The summed E-state index contributed by atoms with van der Waals surface area (Å²) in [5.74, 6) is -0.388. The third kappa shape index (κ3) is 7.25. The zero-order valence-corrected chi connectivity index (χ0v) is 7.22. The normalized spacial score (nSPS) is 9.42. The molecule has 0 bridgehead atoms. The Morgan fingerprint density at radius 3 is 2.58 bits per heavy atom. The van der Waals surface area contributed by atoms with E-state index in [9.17, 15) is 9.18 Å². The summed E-state index contributed by atoms with van der Waals surface area (Å²) >= 11 is 0. The molecule has 0 heterocycles. The Morgan fingerprint density at radius 2 is 2.00 bits per heavy atom. The van der Waals surface area contributed by atoms with E-state index < -0.39 is 0 Å². The van der Waals surface area contributed by atoms with Gasteiger partial charge in [-0.15, -0.1) is 0 Å². The van der Waals surface area contributed by atoms with Gasteiger partial charge in [0.2, 0.25) is 0 Å². The highest BCUT2D eigenvalue weighted by Gasteiger charge is 1.94. The molecule has 70 valence electrons. The largest absolute Gasteiger partial charge is 0.463 e. The molecular formula is C9H15FO2. The van der Waals surface area contributed by atoms with Gasteiger partial charge in [-0.2, -0.15) is 0 Å². The summed E-state index contributed by atoms with van der Waals surface area (Å²) in [6.07, 6.45) is 4.33. The molecule has 0 atom stereocenters. The van der Waals surface area contributed by atoms with E-state index in [4.69, 9.17) is 4.74 Å². The van der Waals surface area contributed by atoms with Crippen molar-refractivity contribution in [3.8, 4) is 0 Å². The number of hydrogen-bond donors (Lipinski definition) is 0. The molecule has 0 radical (unpaired) electrons. The van der Waals surface area contributed by atoms with Crippen molar-refractivity contribution in [3.05, 3.63) is 12.7 Å². The van der Waals surface area contributed by atoms with E-state index in [0.29, 0.717) is 13.0 Å². The molecule has 0 rings (SSSR count). The van der Waals surface area contributed by atoms with Crippen molar-refractivity contribution in [2.45, 2.75) is 25.7 Å². The van der Waals surface area contributed by atoms with Crippen LogP contribution in [0.4, 0.5) is 4.39 Å². The van der Waals surface area contributed by atoms with Crippen LogP contribution in [0.3, 0.4) is 0 Å². The minimum atomic E-state index is -0.388. The molecule has 0 aromatic carbocycles. The maximum Gasteiger partial charge on any atom is 0.330 e. The molecule has 0 aromatic rings. The van der Waals surface area contributed by atoms with Gasteiger partial charge in [-0.1, -0.05) is 13.0 Å². The summed E-state index contributed by atoms with van der Waals surface area (Å²) in [6.45, 7) is 3.42. The molecule has 0 amide bonds. The summed E-state index contributed by atoms with van der Waals surface area (Å²) in [5, 5.41) is 0. The molecule has 0 aliphatic heterocycles. The highest BCUT2D eigenvalue weighted by molar-refractivity contribution is 5.81. The maximum absolute atomic E-state index is 11.6. The number of hydrogen-bond acceptors (Lipinski definition) is 2. The second kappa shape index (κ2) is 8.24. The third-order valence-corrected chi connectivity index (χ3v) is 1.44. The number of halogens is 1. The Balaban J connectivity index is 3.00. The van der Waals surface area contributed by atoms with Crippen molar-refractivity contribution in [1.29, 1.82) is 0 Å². The van der Waals surface area contributed by atoms with Crippen LogP contribution in [0, 0.1) is 0 Å². The van der Waals surface area contributed by atoms with Gasteiger partial charge in [-0.25, -0.2) is 4.79 Å². The van der Waals surface area contributed by atoms with Crippen LogP contribution in [0.1, 0.15) is 25.7 Å². The lowest BCUT2D eigenvalue weighted by Crippen LogP contribution is -2.01. The second-order valence-electron chi connectivity index (χ2n) is 2.47. The van der Waals surface area contributed by atoms with E-state index in [1.165, 1.54) is 0 Å². The van der Waals surface area contributed by atoms with Gasteiger partial charge in [0.15, 0.2) is 0 Å². The van der Waals surface area contributed by atoms with Gasteiger partial charge in [-0.3, -0.25) is 4.39 Å². The van der Waals surface area contributed by atoms with Crippen LogP contribution in [-0.4, -0.2) is 19.3 Å². The Kier molecular flexibility index (Phi) is 7.65. The van der Waals surface area contributed by atoms with Crippen LogP contribution in [-0.2, 0) is 9.53 Å². The summed E-state index contributed by atoms with van der Waals surface area (Å²) in [6, 6.07) is 0. The molecule has 0 aliphatic carbocycles.